The van der Waals surface area contributed by atoms with Crippen LogP contribution in [0.1, 0.15) is 16.9 Å². The minimum atomic E-state index is -4.51. The number of carbonyl (C=O) groups excluding carboxylic acids is 2. The molecule has 0 fully saturated rings. The molecule has 0 aliphatic carbocycles. The van der Waals surface area contributed by atoms with E-state index in [4.69, 9.17) is 16.0 Å². The van der Waals surface area contributed by atoms with Gasteiger partial charge in [0.25, 0.3) is 0 Å². The van der Waals surface area contributed by atoms with Gasteiger partial charge >= 0.3 is 6.18 Å². The largest absolute Gasteiger partial charge is 0.467 e. The summed E-state index contributed by atoms with van der Waals surface area (Å²) in [5.41, 5.74) is -0.835. The van der Waals surface area contributed by atoms with Crippen molar-refractivity contribution in [2.24, 2.45) is 0 Å². The van der Waals surface area contributed by atoms with Crippen molar-refractivity contribution in [2.45, 2.75) is 12.7 Å². The molecule has 9 heteroatoms. The van der Waals surface area contributed by atoms with E-state index in [1.54, 1.807) is 12.1 Å². The molecule has 0 bridgehead atoms. The summed E-state index contributed by atoms with van der Waals surface area (Å²) >= 11 is 5.82. The summed E-state index contributed by atoms with van der Waals surface area (Å²) in [7, 11) is 0. The summed E-state index contributed by atoms with van der Waals surface area (Å²) in [5, 5.41) is 4.91. The Morgan fingerprint density at radius 1 is 1.19 bits per heavy atom. The molecule has 2 rings (SSSR count). The van der Waals surface area contributed by atoms with E-state index >= 15 is 0 Å². The van der Waals surface area contributed by atoms with Crippen LogP contribution in [-0.4, -0.2) is 18.4 Å². The minimum absolute atomic E-state index is 0.0407. The molecule has 1 aromatic carbocycles. The van der Waals surface area contributed by atoms with Gasteiger partial charge in [0.15, 0.2) is 0 Å². The van der Waals surface area contributed by atoms with Crippen molar-refractivity contribution in [1.82, 2.24) is 10.6 Å². The molecule has 1 aromatic heterocycles. The van der Waals surface area contributed by atoms with Crippen LogP contribution in [-0.2, 0) is 22.3 Å². The fraction of sp³-hybridized carbons (Fsp3) is 0.176. The SMILES string of the molecule is O=C(/C=C/c1cc(C(F)(F)F)ccc1Cl)NCC(=O)NCc1ccco1. The average molecular weight is 387 g/mol. The first kappa shape index (κ1) is 19.6. The number of alkyl halides is 3. The van der Waals surface area contributed by atoms with Crippen LogP contribution in [0.3, 0.4) is 0 Å². The number of benzene rings is 1. The second-order valence-corrected chi connectivity index (χ2v) is 5.55. The number of nitrogens with one attached hydrogen (secondary N) is 2. The second-order valence-electron chi connectivity index (χ2n) is 5.14. The monoisotopic (exact) mass is 386 g/mol. The lowest BCUT2D eigenvalue weighted by atomic mass is 10.1. The first-order valence-corrected chi connectivity index (χ1v) is 7.75. The number of amides is 2. The zero-order chi connectivity index (χ0) is 19.2. The van der Waals surface area contributed by atoms with E-state index in [9.17, 15) is 22.8 Å². The Balaban J connectivity index is 1.86. The van der Waals surface area contributed by atoms with Crippen molar-refractivity contribution in [3.8, 4) is 0 Å². The Kier molecular flexibility index (Phi) is 6.46. The average Bonchev–Trinajstić information content (AvgIpc) is 3.09. The van der Waals surface area contributed by atoms with Crippen LogP contribution in [0.15, 0.2) is 47.1 Å². The molecule has 0 saturated carbocycles. The second kappa shape index (κ2) is 8.57. The molecule has 5 nitrogen and oxygen atoms in total. The predicted molar refractivity (Wildman–Crippen MR) is 89.1 cm³/mol. The molecular weight excluding hydrogens is 373 g/mol. The van der Waals surface area contributed by atoms with Gasteiger partial charge in [-0.15, -0.1) is 0 Å². The smallest absolute Gasteiger partial charge is 0.416 e. The number of furan rings is 1. The van der Waals surface area contributed by atoms with Gasteiger partial charge < -0.3 is 15.1 Å². The van der Waals surface area contributed by atoms with Gasteiger partial charge in [-0.2, -0.15) is 13.2 Å². The van der Waals surface area contributed by atoms with Gasteiger partial charge in [0.1, 0.15) is 5.76 Å². The highest BCUT2D eigenvalue weighted by Crippen LogP contribution is 2.32. The highest BCUT2D eigenvalue weighted by molar-refractivity contribution is 6.32. The van der Waals surface area contributed by atoms with Gasteiger partial charge in [0.05, 0.1) is 24.9 Å². The van der Waals surface area contributed by atoms with E-state index < -0.39 is 23.6 Å². The van der Waals surface area contributed by atoms with E-state index in [1.165, 1.54) is 6.26 Å². The first-order valence-electron chi connectivity index (χ1n) is 7.37. The van der Waals surface area contributed by atoms with Gasteiger partial charge in [-0.3, -0.25) is 9.59 Å². The predicted octanol–water partition coefficient (Wildman–Crippen LogP) is 3.40. The number of hydrogen-bond donors (Lipinski definition) is 2. The Labute approximate surface area is 151 Å². The molecule has 0 saturated heterocycles. The maximum absolute atomic E-state index is 12.7. The fourth-order valence-corrected chi connectivity index (χ4v) is 2.08. The van der Waals surface area contributed by atoms with Crippen LogP contribution in [0.25, 0.3) is 6.08 Å². The van der Waals surface area contributed by atoms with Gasteiger partial charge in [-0.25, -0.2) is 0 Å². The van der Waals surface area contributed by atoms with Crippen molar-refractivity contribution < 1.29 is 27.2 Å². The fourth-order valence-electron chi connectivity index (χ4n) is 1.90. The molecular formula is C17H14ClF3N2O3. The van der Waals surface area contributed by atoms with Gasteiger partial charge in [0, 0.05) is 11.1 Å². The van der Waals surface area contributed by atoms with Gasteiger partial charge in [-0.1, -0.05) is 11.6 Å². The molecule has 0 radical (unpaired) electrons. The third-order valence-electron chi connectivity index (χ3n) is 3.20. The number of rotatable bonds is 6. The maximum Gasteiger partial charge on any atom is 0.416 e. The van der Waals surface area contributed by atoms with E-state index in [0.29, 0.717) is 5.76 Å². The van der Waals surface area contributed by atoms with Crippen molar-refractivity contribution in [3.63, 3.8) is 0 Å². The van der Waals surface area contributed by atoms with E-state index in [-0.39, 0.29) is 23.7 Å². The zero-order valence-electron chi connectivity index (χ0n) is 13.3. The summed E-state index contributed by atoms with van der Waals surface area (Å²) in [6.07, 6.45) is -0.899. The van der Waals surface area contributed by atoms with Crippen LogP contribution in [0.2, 0.25) is 5.02 Å². The number of halogens is 4. The summed E-state index contributed by atoms with van der Waals surface area (Å²) in [5.74, 6) is -0.532. The topological polar surface area (TPSA) is 71.3 Å². The van der Waals surface area contributed by atoms with Crippen molar-refractivity contribution in [2.75, 3.05) is 6.54 Å². The highest BCUT2D eigenvalue weighted by Gasteiger charge is 2.30. The summed E-state index contributed by atoms with van der Waals surface area (Å²) in [6.45, 7) is -0.114. The Bertz CT molecular complexity index is 802. The number of carbonyl (C=O) groups is 2. The van der Waals surface area contributed by atoms with Gasteiger partial charge in [-0.05, 0) is 42.0 Å². The molecule has 26 heavy (non-hydrogen) atoms. The molecule has 0 aliphatic rings. The van der Waals surface area contributed by atoms with Crippen LogP contribution in [0.4, 0.5) is 13.2 Å². The van der Waals surface area contributed by atoms with Crippen LogP contribution in [0.5, 0.6) is 0 Å². The molecule has 2 N–H and O–H groups in total. The Hall–Kier alpha value is -2.74. The molecule has 0 unspecified atom stereocenters. The molecule has 0 aliphatic heterocycles. The van der Waals surface area contributed by atoms with Crippen molar-refractivity contribution in [3.05, 3.63) is 64.6 Å². The highest BCUT2D eigenvalue weighted by atomic mass is 35.5. The zero-order valence-corrected chi connectivity index (χ0v) is 14.0. The maximum atomic E-state index is 12.7. The van der Waals surface area contributed by atoms with Crippen LogP contribution >= 0.6 is 11.6 Å². The molecule has 2 amide bonds. The summed E-state index contributed by atoms with van der Waals surface area (Å²) < 4.78 is 43.1. The lowest BCUT2D eigenvalue weighted by molar-refractivity contribution is -0.137. The molecule has 0 spiro atoms. The summed E-state index contributed by atoms with van der Waals surface area (Å²) in [4.78, 5) is 23.3. The van der Waals surface area contributed by atoms with E-state index in [2.05, 4.69) is 10.6 Å². The minimum Gasteiger partial charge on any atom is -0.467 e. The third kappa shape index (κ3) is 5.96. The van der Waals surface area contributed by atoms with Crippen LogP contribution < -0.4 is 10.6 Å². The van der Waals surface area contributed by atoms with Crippen molar-refractivity contribution >= 4 is 29.5 Å². The standard InChI is InChI=1S/C17H14ClF3N2O3/c18-14-5-4-12(17(19,20)21)8-11(14)3-6-15(24)23-10-16(25)22-9-13-2-1-7-26-13/h1-8H,9-10H2,(H,22,25)(H,23,24)/b6-3+. The van der Waals surface area contributed by atoms with Gasteiger partial charge in [0.2, 0.25) is 11.8 Å². The summed E-state index contributed by atoms with van der Waals surface area (Å²) in [6, 6.07) is 6.14. The quantitative estimate of drug-likeness (QED) is 0.747. The lowest BCUT2D eigenvalue weighted by Gasteiger charge is -2.08. The van der Waals surface area contributed by atoms with E-state index in [1.807, 2.05) is 0 Å². The van der Waals surface area contributed by atoms with Crippen LogP contribution in [0, 0.1) is 0 Å². The normalized spacial score (nSPS) is 11.5. The molecule has 138 valence electrons. The molecule has 0 atom stereocenters. The van der Waals surface area contributed by atoms with Crippen molar-refractivity contribution in [1.29, 1.82) is 0 Å². The first-order chi connectivity index (χ1) is 12.3. The third-order valence-corrected chi connectivity index (χ3v) is 3.54. The number of hydrogen-bond acceptors (Lipinski definition) is 3. The van der Waals surface area contributed by atoms with E-state index in [0.717, 1.165) is 30.4 Å². The Morgan fingerprint density at radius 2 is 1.96 bits per heavy atom. The molecule has 1 heterocycles. The Morgan fingerprint density at radius 3 is 2.62 bits per heavy atom. The lowest BCUT2D eigenvalue weighted by Crippen LogP contribution is -2.35. The molecule has 2 aromatic rings.